The summed E-state index contributed by atoms with van der Waals surface area (Å²) in [5.74, 6) is -2.68. The third-order valence-electron chi connectivity index (χ3n) is 13.6. The minimum Gasteiger partial charge on any atom is -0.444 e. The third-order valence-corrected chi connectivity index (χ3v) is 15.4. The minimum atomic E-state index is -3.82. The van der Waals surface area contributed by atoms with Gasteiger partial charge in [-0.25, -0.2) is 13.2 Å². The van der Waals surface area contributed by atoms with E-state index in [4.69, 9.17) is 4.74 Å². The fourth-order valence-electron chi connectivity index (χ4n) is 9.91. The Kier molecular flexibility index (Phi) is 9.84. The highest BCUT2D eigenvalue weighted by molar-refractivity contribution is 7.90. The van der Waals surface area contributed by atoms with E-state index in [0.717, 1.165) is 19.3 Å². The Labute approximate surface area is 311 Å². The topological polar surface area (TPSA) is 156 Å². The first-order valence-electron chi connectivity index (χ1n) is 19.1. The van der Waals surface area contributed by atoms with Crippen molar-refractivity contribution in [3.8, 4) is 0 Å². The number of sulfonamides is 1. The summed E-state index contributed by atoms with van der Waals surface area (Å²) in [5.41, 5.74) is -3.73. The molecule has 292 valence electrons. The van der Waals surface area contributed by atoms with E-state index in [1.807, 2.05) is 41.5 Å². The first-order chi connectivity index (χ1) is 23.6. The number of ether oxygens (including phenoxy) is 1. The summed E-state index contributed by atoms with van der Waals surface area (Å²) in [7, 11) is -3.82. The number of fused-ring (bicyclic) bond motifs is 1. The van der Waals surface area contributed by atoms with Crippen LogP contribution >= 0.6 is 0 Å². The number of amides is 3. The lowest BCUT2D eigenvalue weighted by molar-refractivity contribution is -0.147. The predicted molar refractivity (Wildman–Crippen MR) is 198 cm³/mol. The summed E-state index contributed by atoms with van der Waals surface area (Å²) in [5, 5.41) is 2.18. The van der Waals surface area contributed by atoms with Gasteiger partial charge in [-0.2, -0.15) is 0 Å². The van der Waals surface area contributed by atoms with Gasteiger partial charge >= 0.3 is 6.09 Å². The number of Topliss-reactive ketones (excluding diaryl/α,β-unsaturated/α-hetero) is 2. The lowest BCUT2D eigenvalue weighted by Gasteiger charge is -2.37. The molecule has 1 saturated heterocycles. The molecule has 0 aromatic heterocycles. The van der Waals surface area contributed by atoms with Crippen LogP contribution in [0.3, 0.4) is 0 Å². The van der Waals surface area contributed by atoms with E-state index < -0.39 is 67.1 Å². The van der Waals surface area contributed by atoms with Gasteiger partial charge in [0.05, 0.1) is 22.7 Å². The first-order valence-corrected chi connectivity index (χ1v) is 20.7. The van der Waals surface area contributed by atoms with Crippen molar-refractivity contribution in [3.05, 3.63) is 12.7 Å². The molecule has 5 rings (SSSR count). The number of alkyl carbamates (subject to hydrolysis) is 1. The highest BCUT2D eigenvalue weighted by Crippen LogP contribution is 2.88. The third kappa shape index (κ3) is 6.87. The molecule has 0 aromatic carbocycles. The molecule has 4 aliphatic carbocycles. The van der Waals surface area contributed by atoms with Crippen LogP contribution in [0.15, 0.2) is 12.7 Å². The maximum atomic E-state index is 15.0. The van der Waals surface area contributed by atoms with Crippen LogP contribution in [-0.2, 0) is 33.9 Å². The van der Waals surface area contributed by atoms with Gasteiger partial charge in [0, 0.05) is 30.7 Å². The van der Waals surface area contributed by atoms with Gasteiger partial charge in [-0.1, -0.05) is 67.9 Å². The van der Waals surface area contributed by atoms with Crippen LogP contribution < -0.4 is 10.0 Å². The molecule has 11 nitrogen and oxygen atoms in total. The van der Waals surface area contributed by atoms with Crippen LogP contribution in [0.5, 0.6) is 0 Å². The Morgan fingerprint density at radius 3 is 1.94 bits per heavy atom. The standard InChI is InChI=1S/C40H63N3O8S/c1-13-24-20-38(24,32(47)42-52(49,50)25-15-16-25)22-29(45)27-21-40(37(11,12)39(40)17-14-18-39)23-43(27)31(46)26(34(2,3)4)19-28(44)30(35(5,6)7)41-33(48)51-36(8,9)10/h13,24-27,30H,1,14-23H2,2-12H3,(H,41,48)(H,42,47)/t24-,26-,27+,30-,38-,40-/m1/s1. The Hall–Kier alpha value is -2.76. The molecule has 6 atom stereocenters. The highest BCUT2D eigenvalue weighted by Gasteiger charge is 2.85. The number of hydrogen-bond donors (Lipinski definition) is 2. The van der Waals surface area contributed by atoms with Crippen LogP contribution in [0.25, 0.3) is 0 Å². The molecule has 0 aromatic rings. The zero-order valence-corrected chi connectivity index (χ0v) is 34.2. The molecule has 2 N–H and O–H groups in total. The SMILES string of the molecule is C=C[C@@H]1C[C@]1(CC(=O)[C@@H]1C[C@@]2(CN1C(=O)[C@@H](CC(=O)[C@@H](NC(=O)OC(C)(C)C)C(C)(C)C)C(C)(C)C)C(C)(C)C21CCC1)C(=O)NS(=O)(=O)C1CC1. The van der Waals surface area contributed by atoms with Crippen molar-refractivity contribution < 1.29 is 37.1 Å². The van der Waals surface area contributed by atoms with E-state index in [2.05, 4.69) is 30.5 Å². The quantitative estimate of drug-likeness (QED) is 0.227. The highest BCUT2D eigenvalue weighted by atomic mass is 32.2. The van der Waals surface area contributed by atoms with Gasteiger partial charge in [-0.05, 0) is 86.9 Å². The van der Waals surface area contributed by atoms with Crippen molar-refractivity contribution in [1.82, 2.24) is 14.9 Å². The molecule has 4 saturated carbocycles. The predicted octanol–water partition coefficient (Wildman–Crippen LogP) is 6.10. The Balaban J connectivity index is 1.44. The zero-order valence-electron chi connectivity index (χ0n) is 33.4. The number of rotatable bonds is 12. The van der Waals surface area contributed by atoms with Gasteiger partial charge in [-0.3, -0.25) is 23.9 Å². The first kappa shape index (κ1) is 40.4. The summed E-state index contributed by atoms with van der Waals surface area (Å²) in [6, 6.07) is -1.75. The lowest BCUT2D eigenvalue weighted by atomic mass is 9.73. The van der Waals surface area contributed by atoms with E-state index in [1.165, 1.54) is 0 Å². The number of allylic oxidation sites excluding steroid dienone is 1. The van der Waals surface area contributed by atoms with Crippen molar-refractivity contribution in [2.75, 3.05) is 6.54 Å². The molecule has 0 radical (unpaired) electrons. The summed E-state index contributed by atoms with van der Waals surface area (Å²) < 4.78 is 33.3. The van der Waals surface area contributed by atoms with Crippen LogP contribution in [0.2, 0.25) is 0 Å². The van der Waals surface area contributed by atoms with Crippen LogP contribution in [0.1, 0.15) is 134 Å². The Bertz CT molecular complexity index is 1640. The molecule has 0 unspecified atom stereocenters. The lowest BCUT2D eigenvalue weighted by Crippen LogP contribution is -2.53. The Morgan fingerprint density at radius 2 is 1.52 bits per heavy atom. The minimum absolute atomic E-state index is 0.0198. The summed E-state index contributed by atoms with van der Waals surface area (Å²) in [6.45, 7) is 25.2. The van der Waals surface area contributed by atoms with Gasteiger partial charge < -0.3 is 15.0 Å². The molecule has 2 spiro atoms. The van der Waals surface area contributed by atoms with Gasteiger partial charge in [0.2, 0.25) is 21.8 Å². The second kappa shape index (κ2) is 12.7. The number of carbonyl (C=O) groups is 5. The van der Waals surface area contributed by atoms with Crippen LogP contribution in [0.4, 0.5) is 4.79 Å². The molecule has 3 amide bonds. The number of nitrogens with zero attached hydrogens (tertiary/aromatic N) is 1. The average molecular weight is 746 g/mol. The van der Waals surface area contributed by atoms with Crippen LogP contribution in [-0.4, -0.2) is 72.3 Å². The van der Waals surface area contributed by atoms with Crippen LogP contribution in [0, 0.1) is 44.3 Å². The molecule has 1 aliphatic heterocycles. The van der Waals surface area contributed by atoms with E-state index in [0.29, 0.717) is 32.2 Å². The number of hydrogen-bond acceptors (Lipinski definition) is 8. The van der Waals surface area contributed by atoms with Crippen molar-refractivity contribution in [2.24, 2.45) is 44.3 Å². The summed E-state index contributed by atoms with van der Waals surface area (Å²) in [4.78, 5) is 72.0. The number of nitrogens with one attached hydrogen (secondary N) is 2. The molecule has 12 heteroatoms. The molecule has 5 fully saturated rings. The smallest absolute Gasteiger partial charge is 0.408 e. The molecular formula is C40H63N3O8S. The normalized spacial score (nSPS) is 30.2. The number of likely N-dealkylation sites (tertiary alicyclic amines) is 1. The largest absolute Gasteiger partial charge is 0.444 e. The maximum Gasteiger partial charge on any atom is 0.408 e. The summed E-state index contributed by atoms with van der Waals surface area (Å²) >= 11 is 0. The molecular weight excluding hydrogens is 683 g/mol. The Morgan fingerprint density at radius 1 is 0.923 bits per heavy atom. The van der Waals surface area contributed by atoms with Crippen molar-refractivity contribution in [2.45, 2.75) is 157 Å². The number of carbonyl (C=O) groups excluding carboxylic acids is 5. The van der Waals surface area contributed by atoms with Crippen molar-refractivity contribution >= 4 is 39.5 Å². The average Bonchev–Trinajstić information content (AvgIpc) is 3.89. The number of ketones is 2. The van der Waals surface area contributed by atoms with E-state index in [-0.39, 0.29) is 52.5 Å². The second-order valence-electron chi connectivity index (χ2n) is 20.4. The molecule has 1 heterocycles. The van der Waals surface area contributed by atoms with Gasteiger partial charge in [0.15, 0.2) is 11.6 Å². The fraction of sp³-hybridized carbons (Fsp3) is 0.825. The zero-order chi connectivity index (χ0) is 39.3. The molecule has 0 bridgehead atoms. The van der Waals surface area contributed by atoms with Crippen molar-refractivity contribution in [3.63, 3.8) is 0 Å². The maximum absolute atomic E-state index is 15.0. The monoisotopic (exact) mass is 745 g/mol. The molecule has 52 heavy (non-hydrogen) atoms. The van der Waals surface area contributed by atoms with Crippen molar-refractivity contribution in [1.29, 1.82) is 0 Å². The van der Waals surface area contributed by atoms with E-state index in [1.54, 1.807) is 31.7 Å². The summed E-state index contributed by atoms with van der Waals surface area (Å²) in [6.07, 6.45) is 5.49. The van der Waals surface area contributed by atoms with Gasteiger partial charge in [0.25, 0.3) is 0 Å². The van der Waals surface area contributed by atoms with E-state index in [9.17, 15) is 27.6 Å². The fourth-order valence-corrected chi connectivity index (χ4v) is 11.3. The molecule has 5 aliphatic rings. The van der Waals surface area contributed by atoms with E-state index >= 15 is 4.79 Å². The van der Waals surface area contributed by atoms with Gasteiger partial charge in [0.1, 0.15) is 5.60 Å². The second-order valence-corrected chi connectivity index (χ2v) is 22.3. The van der Waals surface area contributed by atoms with Gasteiger partial charge in [-0.15, -0.1) is 6.58 Å².